The fraction of sp³-hybridized carbons (Fsp3) is 0.257. The van der Waals surface area contributed by atoms with Crippen molar-refractivity contribution < 1.29 is 47.7 Å². The van der Waals surface area contributed by atoms with Crippen LogP contribution in [0.3, 0.4) is 0 Å². The average Bonchev–Trinajstić information content (AvgIpc) is 3.09. The molecule has 0 spiro atoms. The summed E-state index contributed by atoms with van der Waals surface area (Å²) in [5.74, 6) is -3.00. The SMILES string of the molecule is Cc1ccc(Nc2c(F)cccc2Cl)c(CC(=O)OCC(O[N+](=O)[O-])C(COC(=O)Cc2cc(C)ccc2Nc2c(F)cccc2CI)O[N+](=O)[O-])c1. The molecule has 0 radical (unpaired) electrons. The Labute approximate surface area is 320 Å². The molecular formula is C35H32ClF2IN4O10. The highest BCUT2D eigenvalue weighted by molar-refractivity contribution is 14.1. The molecule has 0 saturated heterocycles. The molecule has 0 fully saturated rings. The zero-order valence-electron chi connectivity index (χ0n) is 28.1. The van der Waals surface area contributed by atoms with Gasteiger partial charge in [0, 0.05) is 15.8 Å². The normalized spacial score (nSPS) is 11.9. The number of ether oxygens (including phenoxy) is 2. The molecule has 0 aromatic heterocycles. The summed E-state index contributed by atoms with van der Waals surface area (Å²) in [5, 5.41) is 26.1. The molecule has 18 heteroatoms. The van der Waals surface area contributed by atoms with Gasteiger partial charge in [0.2, 0.25) is 0 Å². The summed E-state index contributed by atoms with van der Waals surface area (Å²) in [5.41, 5.74) is 3.82. The highest BCUT2D eigenvalue weighted by Crippen LogP contribution is 2.31. The molecule has 4 rings (SSSR count). The minimum atomic E-state index is -1.91. The first-order valence-electron chi connectivity index (χ1n) is 15.7. The van der Waals surface area contributed by atoms with Gasteiger partial charge in [-0.15, -0.1) is 20.2 Å². The minimum Gasteiger partial charge on any atom is -0.463 e. The number of carbonyl (C=O) groups excluding carboxylic acids is 2. The van der Waals surface area contributed by atoms with Crippen LogP contribution in [-0.4, -0.2) is 47.5 Å². The predicted molar refractivity (Wildman–Crippen MR) is 198 cm³/mol. The van der Waals surface area contributed by atoms with E-state index in [1.807, 2.05) is 0 Å². The molecule has 0 amide bonds. The van der Waals surface area contributed by atoms with Gasteiger partial charge < -0.3 is 29.8 Å². The van der Waals surface area contributed by atoms with Gasteiger partial charge >= 0.3 is 11.9 Å². The summed E-state index contributed by atoms with van der Waals surface area (Å²) in [6.07, 6.45) is -4.63. The number of benzene rings is 4. The van der Waals surface area contributed by atoms with Crippen molar-refractivity contribution >= 4 is 68.9 Å². The fourth-order valence-corrected chi connectivity index (χ4v) is 5.93. The maximum Gasteiger partial charge on any atom is 0.310 e. The van der Waals surface area contributed by atoms with Gasteiger partial charge in [0.1, 0.15) is 24.8 Å². The maximum atomic E-state index is 14.7. The topological polar surface area (TPSA) is 181 Å². The van der Waals surface area contributed by atoms with E-state index in [4.69, 9.17) is 21.1 Å². The second-order valence-electron chi connectivity index (χ2n) is 11.5. The number of nitrogens with one attached hydrogen (secondary N) is 2. The average molecular weight is 869 g/mol. The molecule has 0 saturated carbocycles. The van der Waals surface area contributed by atoms with Crippen molar-refractivity contribution in [2.75, 3.05) is 23.8 Å². The number of nitrogens with zero attached hydrogens (tertiary/aromatic N) is 2. The van der Waals surface area contributed by atoms with Crippen LogP contribution in [-0.2, 0) is 46.0 Å². The first-order valence-corrected chi connectivity index (χ1v) is 17.6. The van der Waals surface area contributed by atoms with Crippen molar-refractivity contribution in [2.45, 2.75) is 43.3 Å². The Kier molecular flexibility index (Phi) is 14.5. The first-order chi connectivity index (χ1) is 25.2. The Morgan fingerprint density at radius 1 is 0.736 bits per heavy atom. The van der Waals surface area contributed by atoms with E-state index >= 15 is 0 Å². The van der Waals surface area contributed by atoms with Crippen LogP contribution < -0.4 is 10.6 Å². The zero-order valence-corrected chi connectivity index (χ0v) is 31.0. The number of aryl methyl sites for hydroxylation is 2. The van der Waals surface area contributed by atoms with Gasteiger partial charge in [0.15, 0.2) is 12.2 Å². The number of esters is 2. The molecule has 0 aliphatic carbocycles. The predicted octanol–water partition coefficient (Wildman–Crippen LogP) is 7.68. The van der Waals surface area contributed by atoms with Crippen molar-refractivity contribution in [3.05, 3.63) is 137 Å². The Morgan fingerprint density at radius 3 is 1.64 bits per heavy atom. The zero-order chi connectivity index (χ0) is 38.7. The number of alkyl halides is 1. The van der Waals surface area contributed by atoms with Gasteiger partial charge in [-0.05, 0) is 60.9 Å². The molecular weight excluding hydrogens is 837 g/mol. The smallest absolute Gasteiger partial charge is 0.310 e. The molecule has 0 aliphatic heterocycles. The molecule has 2 unspecified atom stereocenters. The van der Waals surface area contributed by atoms with Gasteiger partial charge in [-0.25, -0.2) is 8.78 Å². The third-order valence-corrected chi connectivity index (χ3v) is 8.73. The van der Waals surface area contributed by atoms with E-state index in [2.05, 4.69) is 42.9 Å². The van der Waals surface area contributed by atoms with E-state index in [9.17, 15) is 38.6 Å². The quantitative estimate of drug-likeness (QED) is 0.0328. The van der Waals surface area contributed by atoms with Crippen LogP contribution in [0, 0.1) is 45.7 Å². The second kappa shape index (κ2) is 19.0. The van der Waals surface area contributed by atoms with Crippen molar-refractivity contribution in [3.8, 4) is 0 Å². The lowest BCUT2D eigenvalue weighted by molar-refractivity contribution is -0.799. The number of rotatable bonds is 18. The standard InChI is InChI=1S/C35H32ClF2IN4O10/c1-20-9-11-28(40-34-22(17-39)5-3-7-26(34)37)23(13-20)15-32(44)50-18-30(52-42(46)47)31(53-43(48)49)19-51-33(45)16-24-14-21(2)10-12-29(24)41-35-25(36)6-4-8-27(35)38/h3-14,30-31,40-41H,15-19H2,1-2H3. The summed E-state index contributed by atoms with van der Waals surface area (Å²) >= 11 is 8.23. The van der Waals surface area contributed by atoms with Crippen LogP contribution in [0.4, 0.5) is 31.5 Å². The van der Waals surface area contributed by atoms with Gasteiger partial charge in [0.05, 0.1) is 29.2 Å². The highest BCUT2D eigenvalue weighted by Gasteiger charge is 2.32. The van der Waals surface area contributed by atoms with Crippen molar-refractivity contribution in [1.82, 2.24) is 0 Å². The summed E-state index contributed by atoms with van der Waals surface area (Å²) < 4.78 is 40.1. The van der Waals surface area contributed by atoms with Crippen LogP contribution in [0.25, 0.3) is 0 Å². The molecule has 14 nitrogen and oxygen atoms in total. The Morgan fingerprint density at radius 2 is 1.19 bits per heavy atom. The first kappa shape index (κ1) is 40.5. The maximum absolute atomic E-state index is 14.7. The summed E-state index contributed by atoms with van der Waals surface area (Å²) in [6.45, 7) is 1.69. The molecule has 0 heterocycles. The van der Waals surface area contributed by atoms with Crippen molar-refractivity contribution in [2.24, 2.45) is 0 Å². The number of halogens is 4. The second-order valence-corrected chi connectivity index (χ2v) is 12.7. The number of para-hydroxylation sites is 2. The highest BCUT2D eigenvalue weighted by atomic mass is 127. The fourth-order valence-electron chi connectivity index (χ4n) is 5.08. The molecule has 2 atom stereocenters. The molecule has 280 valence electrons. The Bertz CT molecular complexity index is 1970. The third kappa shape index (κ3) is 11.9. The molecule has 0 bridgehead atoms. The Balaban J connectivity index is 1.45. The van der Waals surface area contributed by atoms with E-state index in [0.717, 1.165) is 11.1 Å². The molecule has 0 aliphatic rings. The van der Waals surface area contributed by atoms with Gasteiger partial charge in [-0.3, -0.25) is 9.59 Å². The minimum absolute atomic E-state index is 0.0354. The van der Waals surface area contributed by atoms with Gasteiger partial charge in [-0.1, -0.05) is 87.8 Å². The van der Waals surface area contributed by atoms with Crippen LogP contribution in [0.15, 0.2) is 72.8 Å². The number of anilines is 4. The van der Waals surface area contributed by atoms with E-state index in [1.165, 1.54) is 24.3 Å². The van der Waals surface area contributed by atoms with Crippen LogP contribution in [0.1, 0.15) is 27.8 Å². The Hall–Kier alpha value is -5.30. The van der Waals surface area contributed by atoms with Gasteiger partial charge in [0.25, 0.3) is 10.2 Å². The molecule has 53 heavy (non-hydrogen) atoms. The van der Waals surface area contributed by atoms with E-state index in [0.29, 0.717) is 32.5 Å². The summed E-state index contributed by atoms with van der Waals surface area (Å²) in [4.78, 5) is 57.8. The number of carbonyl (C=O) groups is 2. The van der Waals surface area contributed by atoms with E-state index < -0.39 is 65.6 Å². The number of hydrogen-bond donors (Lipinski definition) is 2. The van der Waals surface area contributed by atoms with Crippen molar-refractivity contribution in [1.29, 1.82) is 0 Å². The molecule has 2 N–H and O–H groups in total. The van der Waals surface area contributed by atoms with Crippen LogP contribution in [0.5, 0.6) is 0 Å². The van der Waals surface area contributed by atoms with Gasteiger partial charge in [-0.2, -0.15) is 0 Å². The molecule has 4 aromatic carbocycles. The third-order valence-electron chi connectivity index (χ3n) is 7.59. The largest absolute Gasteiger partial charge is 0.463 e. The van der Waals surface area contributed by atoms with Crippen LogP contribution >= 0.6 is 34.2 Å². The van der Waals surface area contributed by atoms with Crippen LogP contribution in [0.2, 0.25) is 5.02 Å². The van der Waals surface area contributed by atoms with Crippen molar-refractivity contribution in [3.63, 3.8) is 0 Å². The summed E-state index contributed by atoms with van der Waals surface area (Å²) in [6, 6.07) is 18.7. The molecule has 4 aromatic rings. The number of hydrogen-bond acceptors (Lipinski definition) is 12. The van der Waals surface area contributed by atoms with E-state index in [-0.39, 0.29) is 22.8 Å². The summed E-state index contributed by atoms with van der Waals surface area (Å²) in [7, 11) is 0. The van der Waals surface area contributed by atoms with E-state index in [1.54, 1.807) is 62.4 Å². The lowest BCUT2D eigenvalue weighted by Gasteiger charge is -2.23. The monoisotopic (exact) mass is 868 g/mol. The lowest BCUT2D eigenvalue weighted by atomic mass is 10.1. The lowest BCUT2D eigenvalue weighted by Crippen LogP contribution is -2.42.